The average Bonchev–Trinajstić information content (AvgIpc) is 2.87. The molecular weight excluding hydrogens is 266 g/mol. The molecule has 1 N–H and O–H groups in total. The van der Waals surface area contributed by atoms with Gasteiger partial charge in [0.05, 0.1) is 13.2 Å². The van der Waals surface area contributed by atoms with E-state index >= 15 is 0 Å². The second kappa shape index (κ2) is 7.43. The van der Waals surface area contributed by atoms with Gasteiger partial charge in [0.15, 0.2) is 0 Å². The van der Waals surface area contributed by atoms with Crippen molar-refractivity contribution in [2.24, 2.45) is 0 Å². The molecule has 0 spiro atoms. The number of rotatable bonds is 7. The summed E-state index contributed by atoms with van der Waals surface area (Å²) in [6, 6.07) is 7.97. The van der Waals surface area contributed by atoms with Crippen molar-refractivity contribution in [3.05, 3.63) is 29.8 Å². The van der Waals surface area contributed by atoms with Gasteiger partial charge in [-0.1, -0.05) is 19.1 Å². The van der Waals surface area contributed by atoms with Crippen LogP contribution in [0.15, 0.2) is 24.3 Å². The van der Waals surface area contributed by atoms with E-state index in [9.17, 15) is 4.79 Å². The molecule has 1 saturated heterocycles. The molecule has 0 aromatic heterocycles. The number of ether oxygens (including phenoxy) is 1. The third-order valence-corrected chi connectivity index (χ3v) is 3.85. The molecule has 0 aliphatic carbocycles. The molecule has 5 nitrogen and oxygen atoms in total. The monoisotopic (exact) mass is 291 g/mol. The summed E-state index contributed by atoms with van der Waals surface area (Å²) in [5.41, 5.74) is 1.10. The Balaban J connectivity index is 2.04. The van der Waals surface area contributed by atoms with Crippen molar-refractivity contribution in [3.8, 4) is 5.75 Å². The van der Waals surface area contributed by atoms with Crippen LogP contribution in [-0.2, 0) is 4.79 Å². The minimum atomic E-state index is -0.0292. The van der Waals surface area contributed by atoms with Gasteiger partial charge in [0.25, 0.3) is 0 Å². The van der Waals surface area contributed by atoms with E-state index in [-0.39, 0.29) is 12.1 Å². The van der Waals surface area contributed by atoms with Crippen LogP contribution in [-0.4, -0.2) is 55.5 Å². The molecular formula is C16H25N3O2. The fourth-order valence-electron chi connectivity index (χ4n) is 2.44. The highest BCUT2D eigenvalue weighted by Gasteiger charge is 2.31. The Morgan fingerprint density at radius 3 is 2.67 bits per heavy atom. The van der Waals surface area contributed by atoms with Gasteiger partial charge in [0.2, 0.25) is 5.91 Å². The van der Waals surface area contributed by atoms with E-state index < -0.39 is 0 Å². The number of nitrogens with zero attached hydrogens (tertiary/aromatic N) is 2. The van der Waals surface area contributed by atoms with Crippen molar-refractivity contribution in [2.45, 2.75) is 20.0 Å². The molecule has 1 amide bonds. The Bertz CT molecular complexity index is 461. The van der Waals surface area contributed by atoms with Gasteiger partial charge >= 0.3 is 0 Å². The predicted molar refractivity (Wildman–Crippen MR) is 83.2 cm³/mol. The summed E-state index contributed by atoms with van der Waals surface area (Å²) in [5, 5.41) is 3.28. The first-order chi connectivity index (χ1) is 10.2. The first kappa shape index (κ1) is 15.8. The first-order valence-electron chi connectivity index (χ1n) is 7.59. The molecule has 5 heteroatoms. The van der Waals surface area contributed by atoms with E-state index in [1.165, 1.54) is 0 Å². The van der Waals surface area contributed by atoms with Crippen LogP contribution < -0.4 is 10.1 Å². The van der Waals surface area contributed by atoms with E-state index in [1.807, 2.05) is 36.1 Å². The second-order valence-corrected chi connectivity index (χ2v) is 5.27. The molecule has 1 heterocycles. The number of hydrogen-bond donors (Lipinski definition) is 1. The zero-order valence-corrected chi connectivity index (χ0v) is 13.1. The normalized spacial score (nSPS) is 18.6. The van der Waals surface area contributed by atoms with Crippen LogP contribution in [0.1, 0.15) is 25.6 Å². The minimum absolute atomic E-state index is 0.0292. The third kappa shape index (κ3) is 3.95. The van der Waals surface area contributed by atoms with Crippen molar-refractivity contribution in [2.75, 3.05) is 39.8 Å². The van der Waals surface area contributed by atoms with Crippen LogP contribution in [0.4, 0.5) is 0 Å². The summed E-state index contributed by atoms with van der Waals surface area (Å²) < 4.78 is 5.46. The molecule has 0 bridgehead atoms. The molecule has 21 heavy (non-hydrogen) atoms. The molecule has 1 atom stereocenters. The lowest BCUT2D eigenvalue weighted by atomic mass is 10.1. The third-order valence-electron chi connectivity index (χ3n) is 3.85. The van der Waals surface area contributed by atoms with Crippen LogP contribution in [0.3, 0.4) is 0 Å². The van der Waals surface area contributed by atoms with Gasteiger partial charge in [-0.15, -0.1) is 0 Å². The highest BCUT2D eigenvalue weighted by Crippen LogP contribution is 2.24. The molecule has 1 unspecified atom stereocenters. The zero-order chi connectivity index (χ0) is 15.2. The van der Waals surface area contributed by atoms with Gasteiger partial charge in [-0.25, -0.2) is 0 Å². The molecule has 2 rings (SSSR count). The topological polar surface area (TPSA) is 44.8 Å². The standard InChI is InChI=1S/C16H25N3O2/c1-4-18(3)10-11-19-15(20)12-17-16(19)13-6-8-14(9-7-13)21-5-2/h6-9,16-17H,4-5,10-12H2,1-3H3. The van der Waals surface area contributed by atoms with Crippen molar-refractivity contribution in [1.82, 2.24) is 15.1 Å². The summed E-state index contributed by atoms with van der Waals surface area (Å²) in [6.45, 7) is 7.78. The number of amides is 1. The highest BCUT2D eigenvalue weighted by molar-refractivity contribution is 5.81. The molecule has 0 radical (unpaired) electrons. The number of nitrogens with one attached hydrogen (secondary N) is 1. The van der Waals surface area contributed by atoms with Gasteiger partial charge in [0, 0.05) is 13.1 Å². The number of benzene rings is 1. The lowest BCUT2D eigenvalue weighted by Crippen LogP contribution is -2.36. The van der Waals surface area contributed by atoms with Crippen molar-refractivity contribution < 1.29 is 9.53 Å². The number of carbonyl (C=O) groups is 1. The van der Waals surface area contributed by atoms with Crippen LogP contribution in [0, 0.1) is 0 Å². The molecule has 1 aliphatic heterocycles. The van der Waals surface area contributed by atoms with E-state index in [0.717, 1.165) is 30.9 Å². The van der Waals surface area contributed by atoms with Crippen molar-refractivity contribution in [3.63, 3.8) is 0 Å². The van der Waals surface area contributed by atoms with E-state index in [0.29, 0.717) is 13.2 Å². The molecule has 1 aromatic rings. The molecule has 1 fully saturated rings. The van der Waals surface area contributed by atoms with Crippen molar-refractivity contribution in [1.29, 1.82) is 0 Å². The largest absolute Gasteiger partial charge is 0.494 e. The van der Waals surface area contributed by atoms with Gasteiger partial charge < -0.3 is 14.5 Å². The summed E-state index contributed by atoms with van der Waals surface area (Å²) in [7, 11) is 2.07. The Morgan fingerprint density at radius 2 is 2.05 bits per heavy atom. The van der Waals surface area contributed by atoms with Crippen LogP contribution in [0.2, 0.25) is 0 Å². The Hall–Kier alpha value is -1.59. The van der Waals surface area contributed by atoms with Crippen LogP contribution in [0.25, 0.3) is 0 Å². The van der Waals surface area contributed by atoms with Gasteiger partial charge in [-0.2, -0.15) is 0 Å². The van der Waals surface area contributed by atoms with Crippen molar-refractivity contribution >= 4 is 5.91 Å². The lowest BCUT2D eigenvalue weighted by molar-refractivity contribution is -0.128. The maximum atomic E-state index is 12.0. The quantitative estimate of drug-likeness (QED) is 0.826. The SMILES string of the molecule is CCOc1ccc(C2NCC(=O)N2CCN(C)CC)cc1. The van der Waals surface area contributed by atoms with Crippen LogP contribution >= 0.6 is 0 Å². The van der Waals surface area contributed by atoms with E-state index in [4.69, 9.17) is 4.74 Å². The predicted octanol–water partition coefficient (Wildman–Crippen LogP) is 1.47. The zero-order valence-electron chi connectivity index (χ0n) is 13.1. The first-order valence-corrected chi connectivity index (χ1v) is 7.59. The summed E-state index contributed by atoms with van der Waals surface area (Å²) in [6.07, 6.45) is -0.0292. The molecule has 1 aliphatic rings. The Morgan fingerprint density at radius 1 is 1.33 bits per heavy atom. The summed E-state index contributed by atoms with van der Waals surface area (Å²) in [5.74, 6) is 1.03. The molecule has 116 valence electrons. The second-order valence-electron chi connectivity index (χ2n) is 5.27. The molecule has 0 saturated carbocycles. The van der Waals surface area contributed by atoms with Crippen LogP contribution in [0.5, 0.6) is 5.75 Å². The fraction of sp³-hybridized carbons (Fsp3) is 0.562. The van der Waals surface area contributed by atoms with Gasteiger partial charge in [-0.3, -0.25) is 10.1 Å². The van der Waals surface area contributed by atoms with Gasteiger partial charge in [-0.05, 0) is 38.2 Å². The highest BCUT2D eigenvalue weighted by atomic mass is 16.5. The smallest absolute Gasteiger partial charge is 0.238 e. The number of hydrogen-bond acceptors (Lipinski definition) is 4. The van der Waals surface area contributed by atoms with Gasteiger partial charge in [0.1, 0.15) is 11.9 Å². The maximum absolute atomic E-state index is 12.0. The number of carbonyl (C=O) groups excluding carboxylic acids is 1. The Kier molecular flexibility index (Phi) is 5.59. The minimum Gasteiger partial charge on any atom is -0.494 e. The Labute approximate surface area is 126 Å². The van der Waals surface area contributed by atoms with E-state index in [1.54, 1.807) is 0 Å². The van der Waals surface area contributed by atoms with E-state index in [2.05, 4.69) is 24.2 Å². The summed E-state index contributed by atoms with van der Waals surface area (Å²) >= 11 is 0. The maximum Gasteiger partial charge on any atom is 0.238 e. The number of likely N-dealkylation sites (N-methyl/N-ethyl adjacent to an activating group) is 1. The lowest BCUT2D eigenvalue weighted by Gasteiger charge is -2.27. The molecule has 1 aromatic carbocycles. The fourth-order valence-corrected chi connectivity index (χ4v) is 2.44. The summed E-state index contributed by atoms with van der Waals surface area (Å²) in [4.78, 5) is 16.2. The average molecular weight is 291 g/mol.